The first-order valence-electron chi connectivity index (χ1n) is 7.06. The van der Waals surface area contributed by atoms with Crippen molar-refractivity contribution in [2.45, 2.75) is 39.7 Å². The SMILES string of the molecule is CCCC(NC(=O)c1ccc2[nH]c(C)c(C)c2c1)C(=O)O. The van der Waals surface area contributed by atoms with Crippen LogP contribution in [0, 0.1) is 13.8 Å². The van der Waals surface area contributed by atoms with E-state index in [1.165, 1.54) is 0 Å². The Morgan fingerprint density at radius 1 is 1.33 bits per heavy atom. The Bertz CT molecular complexity index is 688. The molecule has 0 aliphatic rings. The Balaban J connectivity index is 2.26. The summed E-state index contributed by atoms with van der Waals surface area (Å²) in [6.07, 6.45) is 1.12. The normalized spacial score (nSPS) is 12.3. The number of hydrogen-bond donors (Lipinski definition) is 3. The minimum atomic E-state index is -1.00. The lowest BCUT2D eigenvalue weighted by atomic mass is 10.1. The number of rotatable bonds is 5. The molecule has 0 saturated carbocycles. The van der Waals surface area contributed by atoms with E-state index < -0.39 is 12.0 Å². The first kappa shape index (κ1) is 15.1. The number of aliphatic carboxylic acids is 1. The standard InChI is InChI=1S/C16H20N2O3/c1-4-5-14(16(20)21)18-15(19)11-6-7-13-12(8-11)9(2)10(3)17-13/h6-8,14,17H,4-5H2,1-3H3,(H,18,19)(H,20,21). The fourth-order valence-corrected chi connectivity index (χ4v) is 2.39. The van der Waals surface area contributed by atoms with Crippen molar-refractivity contribution in [3.8, 4) is 0 Å². The number of H-pyrrole nitrogens is 1. The van der Waals surface area contributed by atoms with E-state index in [1.54, 1.807) is 12.1 Å². The molecule has 5 heteroatoms. The summed E-state index contributed by atoms with van der Waals surface area (Å²) in [5, 5.41) is 12.7. The molecule has 1 amide bonds. The van der Waals surface area contributed by atoms with Gasteiger partial charge >= 0.3 is 5.97 Å². The number of carboxylic acid groups (broad SMARTS) is 1. The van der Waals surface area contributed by atoms with Gasteiger partial charge in [0.05, 0.1) is 0 Å². The zero-order valence-corrected chi connectivity index (χ0v) is 12.5. The van der Waals surface area contributed by atoms with Crippen LogP contribution < -0.4 is 5.32 Å². The van der Waals surface area contributed by atoms with Gasteiger partial charge in [-0.15, -0.1) is 0 Å². The number of hydrogen-bond acceptors (Lipinski definition) is 2. The number of carboxylic acids is 1. The van der Waals surface area contributed by atoms with Crippen molar-refractivity contribution >= 4 is 22.8 Å². The lowest BCUT2D eigenvalue weighted by Gasteiger charge is -2.13. The molecule has 21 heavy (non-hydrogen) atoms. The van der Waals surface area contributed by atoms with Crippen LogP contribution >= 0.6 is 0 Å². The van der Waals surface area contributed by atoms with Crippen molar-refractivity contribution in [3.63, 3.8) is 0 Å². The Labute approximate surface area is 123 Å². The zero-order valence-electron chi connectivity index (χ0n) is 12.5. The summed E-state index contributed by atoms with van der Waals surface area (Å²) in [5.41, 5.74) is 3.62. The summed E-state index contributed by atoms with van der Waals surface area (Å²) in [7, 11) is 0. The number of amides is 1. The molecule has 1 atom stereocenters. The highest BCUT2D eigenvalue weighted by atomic mass is 16.4. The molecular weight excluding hydrogens is 268 g/mol. The van der Waals surface area contributed by atoms with Gasteiger partial charge in [-0.25, -0.2) is 4.79 Å². The lowest BCUT2D eigenvalue weighted by molar-refractivity contribution is -0.139. The van der Waals surface area contributed by atoms with Crippen LogP contribution in [0.3, 0.4) is 0 Å². The van der Waals surface area contributed by atoms with Gasteiger partial charge in [-0.3, -0.25) is 4.79 Å². The van der Waals surface area contributed by atoms with Crippen LogP contribution in [0.4, 0.5) is 0 Å². The van der Waals surface area contributed by atoms with Gasteiger partial charge in [0.1, 0.15) is 6.04 Å². The molecule has 0 spiro atoms. The van der Waals surface area contributed by atoms with Gasteiger partial charge in [0.2, 0.25) is 0 Å². The fraction of sp³-hybridized carbons (Fsp3) is 0.375. The number of carbonyl (C=O) groups excluding carboxylic acids is 1. The largest absolute Gasteiger partial charge is 0.480 e. The second kappa shape index (κ2) is 5.99. The second-order valence-corrected chi connectivity index (χ2v) is 5.29. The molecular formula is C16H20N2O3. The minimum absolute atomic E-state index is 0.351. The van der Waals surface area contributed by atoms with Gasteiger partial charge in [-0.05, 0) is 44.0 Å². The number of nitrogens with one attached hydrogen (secondary N) is 2. The van der Waals surface area contributed by atoms with Gasteiger partial charge in [0.25, 0.3) is 5.91 Å². The second-order valence-electron chi connectivity index (χ2n) is 5.29. The number of aromatic amines is 1. The molecule has 3 N–H and O–H groups in total. The molecule has 5 nitrogen and oxygen atoms in total. The molecule has 2 aromatic rings. The topological polar surface area (TPSA) is 82.2 Å². The third-order valence-corrected chi connectivity index (χ3v) is 3.75. The van der Waals surface area contributed by atoms with Crippen molar-refractivity contribution in [2.24, 2.45) is 0 Å². The highest BCUT2D eigenvalue weighted by Gasteiger charge is 2.20. The molecule has 1 unspecified atom stereocenters. The van der Waals surface area contributed by atoms with Crippen LogP contribution in [0.2, 0.25) is 0 Å². The van der Waals surface area contributed by atoms with E-state index in [-0.39, 0.29) is 5.91 Å². The predicted octanol–water partition coefficient (Wildman–Crippen LogP) is 2.77. The maximum Gasteiger partial charge on any atom is 0.326 e. The Morgan fingerprint density at radius 3 is 2.67 bits per heavy atom. The summed E-state index contributed by atoms with van der Waals surface area (Å²) in [4.78, 5) is 26.6. The van der Waals surface area contributed by atoms with E-state index in [1.807, 2.05) is 26.8 Å². The molecule has 112 valence electrons. The highest BCUT2D eigenvalue weighted by molar-refractivity contribution is 6.00. The van der Waals surface area contributed by atoms with Gasteiger partial charge in [-0.1, -0.05) is 13.3 Å². The van der Waals surface area contributed by atoms with Gasteiger partial charge < -0.3 is 15.4 Å². The molecule has 1 heterocycles. The average Bonchev–Trinajstić information content (AvgIpc) is 2.73. The quantitative estimate of drug-likeness (QED) is 0.791. The number of fused-ring (bicyclic) bond motifs is 1. The average molecular weight is 288 g/mol. The van der Waals surface area contributed by atoms with Crippen molar-refractivity contribution in [1.82, 2.24) is 10.3 Å². The van der Waals surface area contributed by atoms with Crippen molar-refractivity contribution in [3.05, 3.63) is 35.0 Å². The maximum absolute atomic E-state index is 12.2. The summed E-state index contributed by atoms with van der Waals surface area (Å²) in [6.45, 7) is 5.86. The highest BCUT2D eigenvalue weighted by Crippen LogP contribution is 2.22. The van der Waals surface area contributed by atoms with Crippen LogP contribution in [-0.4, -0.2) is 28.0 Å². The Kier molecular flexibility index (Phi) is 4.31. The maximum atomic E-state index is 12.2. The van der Waals surface area contributed by atoms with E-state index >= 15 is 0 Å². The summed E-state index contributed by atoms with van der Waals surface area (Å²) in [5.74, 6) is -1.35. The van der Waals surface area contributed by atoms with E-state index in [0.29, 0.717) is 18.4 Å². The first-order chi connectivity index (χ1) is 9.93. The van der Waals surface area contributed by atoms with E-state index in [4.69, 9.17) is 5.11 Å². The Morgan fingerprint density at radius 2 is 2.05 bits per heavy atom. The summed E-state index contributed by atoms with van der Waals surface area (Å²) < 4.78 is 0. The molecule has 0 saturated heterocycles. The third kappa shape index (κ3) is 3.07. The fourth-order valence-electron chi connectivity index (χ4n) is 2.39. The van der Waals surface area contributed by atoms with Crippen molar-refractivity contribution < 1.29 is 14.7 Å². The van der Waals surface area contributed by atoms with Crippen LogP contribution in [0.15, 0.2) is 18.2 Å². The molecule has 1 aromatic carbocycles. The number of carbonyl (C=O) groups is 2. The summed E-state index contributed by atoms with van der Waals surface area (Å²) >= 11 is 0. The van der Waals surface area contributed by atoms with E-state index in [2.05, 4.69) is 10.3 Å². The molecule has 0 aliphatic heterocycles. The minimum Gasteiger partial charge on any atom is -0.480 e. The van der Waals surface area contributed by atoms with Gasteiger partial charge in [-0.2, -0.15) is 0 Å². The van der Waals surface area contributed by atoms with Crippen molar-refractivity contribution in [2.75, 3.05) is 0 Å². The van der Waals surface area contributed by atoms with E-state index in [0.717, 1.165) is 22.2 Å². The number of aromatic nitrogens is 1. The lowest BCUT2D eigenvalue weighted by Crippen LogP contribution is -2.40. The smallest absolute Gasteiger partial charge is 0.326 e. The van der Waals surface area contributed by atoms with Crippen molar-refractivity contribution in [1.29, 1.82) is 0 Å². The third-order valence-electron chi connectivity index (χ3n) is 3.75. The summed E-state index contributed by atoms with van der Waals surface area (Å²) in [6, 6.07) is 4.51. The predicted molar refractivity (Wildman–Crippen MR) is 81.6 cm³/mol. The molecule has 0 fully saturated rings. The molecule has 2 rings (SSSR count). The van der Waals surface area contributed by atoms with Gasteiger partial charge in [0.15, 0.2) is 0 Å². The monoisotopic (exact) mass is 288 g/mol. The van der Waals surface area contributed by atoms with Crippen LogP contribution in [0.25, 0.3) is 10.9 Å². The first-order valence-corrected chi connectivity index (χ1v) is 7.06. The molecule has 1 aromatic heterocycles. The Hall–Kier alpha value is -2.30. The van der Waals surface area contributed by atoms with Crippen LogP contribution in [0.5, 0.6) is 0 Å². The molecule has 0 aliphatic carbocycles. The number of benzene rings is 1. The zero-order chi connectivity index (χ0) is 15.6. The molecule has 0 radical (unpaired) electrons. The number of aryl methyl sites for hydroxylation is 2. The molecule has 0 bridgehead atoms. The van der Waals surface area contributed by atoms with E-state index in [9.17, 15) is 9.59 Å². The van der Waals surface area contributed by atoms with Gasteiger partial charge in [0, 0.05) is 22.2 Å². The van der Waals surface area contributed by atoms with Crippen LogP contribution in [-0.2, 0) is 4.79 Å². The van der Waals surface area contributed by atoms with Crippen LogP contribution in [0.1, 0.15) is 41.4 Å².